The van der Waals surface area contributed by atoms with Crippen LogP contribution < -0.4 is 18.9 Å². The van der Waals surface area contributed by atoms with Crippen molar-refractivity contribution < 1.29 is 63.8 Å². The van der Waals surface area contributed by atoms with Crippen LogP contribution >= 0.6 is 0 Å². The summed E-state index contributed by atoms with van der Waals surface area (Å²) in [5, 5.41) is 59.9. The van der Waals surface area contributed by atoms with Crippen LogP contribution in [0.4, 0.5) is 0 Å². The van der Waals surface area contributed by atoms with Gasteiger partial charge >= 0.3 is 0 Å². The number of methoxy groups -OCH3 is 3. The molecule has 0 radical (unpaired) electrons. The fraction of sp³-hybridized carbons (Fsp3) is 0.700. The zero-order valence-corrected chi connectivity index (χ0v) is 18.3. The number of aliphatic hydroxyl groups excluding tert-OH is 6. The Balaban J connectivity index is 1.71. The van der Waals surface area contributed by atoms with E-state index in [1.807, 2.05) is 0 Å². The third-order valence-electron chi connectivity index (χ3n) is 5.48. The van der Waals surface area contributed by atoms with Gasteiger partial charge in [-0.05, 0) is 0 Å². The van der Waals surface area contributed by atoms with E-state index in [0.29, 0.717) is 5.75 Å². The summed E-state index contributed by atoms with van der Waals surface area (Å²) < 4.78 is 37.6. The van der Waals surface area contributed by atoms with Gasteiger partial charge in [-0.1, -0.05) is 0 Å². The lowest BCUT2D eigenvalue weighted by Gasteiger charge is -2.40. The number of hydrogen-bond acceptors (Lipinski definition) is 13. The zero-order chi connectivity index (χ0) is 24.3. The molecule has 0 spiro atoms. The first kappa shape index (κ1) is 25.7. The Morgan fingerprint density at radius 1 is 0.727 bits per heavy atom. The number of ether oxygens (including phenoxy) is 7. The van der Waals surface area contributed by atoms with E-state index >= 15 is 0 Å². The Hall–Kier alpha value is -1.94. The monoisotopic (exact) mass is 478 g/mol. The first-order valence-corrected chi connectivity index (χ1v) is 10.2. The number of rotatable bonds is 9. The van der Waals surface area contributed by atoms with Gasteiger partial charge in [-0.15, -0.1) is 0 Å². The third kappa shape index (κ3) is 5.26. The van der Waals surface area contributed by atoms with Crippen molar-refractivity contribution in [1.82, 2.24) is 0 Å². The summed E-state index contributed by atoms with van der Waals surface area (Å²) in [6.07, 6.45) is -12.6. The van der Waals surface area contributed by atoms with Crippen molar-refractivity contribution in [3.63, 3.8) is 0 Å². The highest BCUT2D eigenvalue weighted by molar-refractivity contribution is 5.55. The van der Waals surface area contributed by atoms with E-state index in [1.165, 1.54) is 33.5 Å². The molecule has 6 N–H and O–H groups in total. The molecule has 0 unspecified atom stereocenters. The van der Waals surface area contributed by atoms with Gasteiger partial charge in [-0.3, -0.25) is 0 Å². The van der Waals surface area contributed by atoms with Crippen LogP contribution in [0.1, 0.15) is 0 Å². The van der Waals surface area contributed by atoms with Gasteiger partial charge in [0.25, 0.3) is 0 Å². The van der Waals surface area contributed by atoms with E-state index in [9.17, 15) is 25.5 Å². The maximum atomic E-state index is 10.4. The number of aliphatic hydroxyl groups is 6. The van der Waals surface area contributed by atoms with Crippen LogP contribution in [-0.2, 0) is 14.2 Å². The molecule has 13 heteroatoms. The van der Waals surface area contributed by atoms with Crippen molar-refractivity contribution in [3.8, 4) is 23.0 Å². The Bertz CT molecular complexity index is 751. The van der Waals surface area contributed by atoms with Gasteiger partial charge in [-0.25, -0.2) is 0 Å². The van der Waals surface area contributed by atoms with Gasteiger partial charge in [0.05, 0.1) is 34.5 Å². The van der Waals surface area contributed by atoms with Crippen molar-refractivity contribution in [2.24, 2.45) is 0 Å². The predicted octanol–water partition coefficient (Wildman–Crippen LogP) is -2.65. The molecule has 2 aliphatic heterocycles. The van der Waals surface area contributed by atoms with Crippen LogP contribution in [0, 0.1) is 0 Å². The van der Waals surface area contributed by atoms with Crippen molar-refractivity contribution in [1.29, 1.82) is 0 Å². The molecule has 2 fully saturated rings. The maximum Gasteiger partial charge on any atom is 0.229 e. The van der Waals surface area contributed by atoms with Crippen molar-refractivity contribution in [3.05, 3.63) is 12.1 Å². The third-order valence-corrected chi connectivity index (χ3v) is 5.48. The molecule has 1 aromatic carbocycles. The molecular formula is C20H30O13. The molecule has 2 heterocycles. The molecular weight excluding hydrogens is 448 g/mol. The van der Waals surface area contributed by atoms with Gasteiger partial charge < -0.3 is 63.8 Å². The molecule has 0 saturated carbocycles. The van der Waals surface area contributed by atoms with Gasteiger partial charge in [-0.2, -0.15) is 0 Å². The first-order chi connectivity index (χ1) is 15.7. The average molecular weight is 478 g/mol. The highest BCUT2D eigenvalue weighted by atomic mass is 16.7. The van der Waals surface area contributed by atoms with E-state index in [0.717, 1.165) is 0 Å². The normalized spacial score (nSPS) is 36.5. The van der Waals surface area contributed by atoms with Crippen LogP contribution in [0.25, 0.3) is 0 Å². The molecule has 0 amide bonds. The molecule has 2 aliphatic rings. The SMILES string of the molecule is COc1cc(O[C@@H]2O[C@H](CO[C@H]3O[C@H](CO)[C@H](O)[C@@H]3O)[C@H](O)[C@H](O)[C@H]2O)cc(OC)c1OC. The summed E-state index contributed by atoms with van der Waals surface area (Å²) >= 11 is 0. The second-order valence-corrected chi connectivity index (χ2v) is 7.53. The first-order valence-electron chi connectivity index (χ1n) is 10.2. The largest absolute Gasteiger partial charge is 0.493 e. The molecule has 3 rings (SSSR count). The molecule has 0 aromatic heterocycles. The maximum absolute atomic E-state index is 10.4. The summed E-state index contributed by atoms with van der Waals surface area (Å²) in [6.45, 7) is -0.928. The minimum absolute atomic E-state index is 0.153. The summed E-state index contributed by atoms with van der Waals surface area (Å²) in [5.41, 5.74) is 0. The highest BCUT2D eigenvalue weighted by Gasteiger charge is 2.47. The van der Waals surface area contributed by atoms with Crippen LogP contribution in [0.5, 0.6) is 23.0 Å². The van der Waals surface area contributed by atoms with Gasteiger partial charge in [0.1, 0.15) is 48.5 Å². The van der Waals surface area contributed by atoms with E-state index < -0.39 is 68.5 Å². The van der Waals surface area contributed by atoms with E-state index in [2.05, 4.69) is 0 Å². The van der Waals surface area contributed by atoms with Crippen molar-refractivity contribution >= 4 is 0 Å². The Kier molecular flexibility index (Phi) is 8.55. The lowest BCUT2D eigenvalue weighted by molar-refractivity contribution is -0.290. The highest BCUT2D eigenvalue weighted by Crippen LogP contribution is 2.41. The number of benzene rings is 1. The Morgan fingerprint density at radius 2 is 1.27 bits per heavy atom. The van der Waals surface area contributed by atoms with Crippen molar-refractivity contribution in [2.75, 3.05) is 34.5 Å². The van der Waals surface area contributed by atoms with Gasteiger partial charge in [0, 0.05) is 12.1 Å². The quantitative estimate of drug-likeness (QED) is 0.216. The molecule has 0 aliphatic carbocycles. The molecule has 188 valence electrons. The van der Waals surface area contributed by atoms with Gasteiger partial charge in [0.15, 0.2) is 17.8 Å². The molecule has 33 heavy (non-hydrogen) atoms. The summed E-state index contributed by atoms with van der Waals surface area (Å²) in [7, 11) is 4.26. The van der Waals surface area contributed by atoms with E-state index in [1.54, 1.807) is 0 Å². The summed E-state index contributed by atoms with van der Waals surface area (Å²) in [4.78, 5) is 0. The molecule has 1 aromatic rings. The van der Waals surface area contributed by atoms with E-state index in [-0.39, 0.29) is 17.2 Å². The average Bonchev–Trinajstić information content (AvgIpc) is 3.10. The summed E-state index contributed by atoms with van der Waals surface area (Å²) in [6, 6.07) is 2.92. The minimum atomic E-state index is -1.65. The van der Waals surface area contributed by atoms with Crippen LogP contribution in [0.3, 0.4) is 0 Å². The minimum Gasteiger partial charge on any atom is -0.493 e. The fourth-order valence-corrected chi connectivity index (χ4v) is 3.60. The topological polar surface area (TPSA) is 186 Å². The second kappa shape index (κ2) is 11.0. The lowest BCUT2D eigenvalue weighted by atomic mass is 9.99. The van der Waals surface area contributed by atoms with Crippen LogP contribution in [-0.4, -0.2) is 120 Å². The standard InChI is InChI=1S/C20H30O13/c1-27-9-4-8(5-10(28-2)18(9)29-3)31-20-17(26)15(24)14(23)12(33-20)7-30-19-16(25)13(22)11(6-21)32-19/h4-5,11-17,19-26H,6-7H2,1-3H3/t11-,12-,13+,14+,15+,16+,17-,19+,20-/m1/s1. The molecule has 9 atom stereocenters. The second-order valence-electron chi connectivity index (χ2n) is 7.53. The van der Waals surface area contributed by atoms with Crippen LogP contribution in [0.15, 0.2) is 12.1 Å². The fourth-order valence-electron chi connectivity index (χ4n) is 3.60. The zero-order valence-electron chi connectivity index (χ0n) is 18.3. The molecule has 2 saturated heterocycles. The lowest BCUT2D eigenvalue weighted by Crippen LogP contribution is -2.60. The molecule has 0 bridgehead atoms. The smallest absolute Gasteiger partial charge is 0.229 e. The van der Waals surface area contributed by atoms with Gasteiger partial charge in [0.2, 0.25) is 12.0 Å². The molecule has 13 nitrogen and oxygen atoms in total. The summed E-state index contributed by atoms with van der Waals surface area (Å²) in [5.74, 6) is 1.03. The predicted molar refractivity (Wildman–Crippen MR) is 107 cm³/mol. The number of hydrogen-bond donors (Lipinski definition) is 6. The van der Waals surface area contributed by atoms with Crippen LogP contribution in [0.2, 0.25) is 0 Å². The van der Waals surface area contributed by atoms with E-state index in [4.69, 9.17) is 38.3 Å². The van der Waals surface area contributed by atoms with Crippen molar-refractivity contribution in [2.45, 2.75) is 55.3 Å². The Labute approximate surface area is 189 Å². The Morgan fingerprint density at radius 3 is 1.79 bits per heavy atom.